The Morgan fingerprint density at radius 3 is 2.50 bits per heavy atom. The summed E-state index contributed by atoms with van der Waals surface area (Å²) in [5.74, 6) is 0. The van der Waals surface area contributed by atoms with Gasteiger partial charge < -0.3 is 14.2 Å². The van der Waals surface area contributed by atoms with Crippen LogP contribution in [0.1, 0.15) is 31.7 Å². The van der Waals surface area contributed by atoms with Gasteiger partial charge in [-0.15, -0.1) is 0 Å². The highest BCUT2D eigenvalue weighted by Gasteiger charge is 2.13. The molecule has 0 aliphatic heterocycles. The van der Waals surface area contributed by atoms with Crippen LogP contribution in [0.25, 0.3) is 0 Å². The second-order valence-corrected chi connectivity index (χ2v) is 5.18. The van der Waals surface area contributed by atoms with Crippen LogP contribution in [0.4, 0.5) is 0 Å². The molecular formula is C14H25BrN2O3. The van der Waals surface area contributed by atoms with Gasteiger partial charge in [0.25, 0.3) is 0 Å². The lowest BCUT2D eigenvalue weighted by molar-refractivity contribution is 0.0471. The molecule has 0 aliphatic rings. The van der Waals surface area contributed by atoms with Crippen molar-refractivity contribution >= 4 is 15.9 Å². The molecule has 0 saturated carbocycles. The third kappa shape index (κ3) is 5.52. The van der Waals surface area contributed by atoms with Gasteiger partial charge in [0.2, 0.25) is 0 Å². The summed E-state index contributed by atoms with van der Waals surface area (Å²) in [4.78, 5) is 0. The van der Waals surface area contributed by atoms with Crippen LogP contribution in [0.2, 0.25) is 0 Å². The Morgan fingerprint density at radius 2 is 1.85 bits per heavy atom. The SMILES string of the molecule is CCc1nn(CC)c(COCCCOCCOC)c1Br. The van der Waals surface area contributed by atoms with Gasteiger partial charge in [0.15, 0.2) is 0 Å². The monoisotopic (exact) mass is 348 g/mol. The molecule has 0 bridgehead atoms. The minimum absolute atomic E-state index is 0.583. The zero-order chi connectivity index (χ0) is 14.8. The number of hydrogen-bond donors (Lipinski definition) is 0. The third-order valence-electron chi connectivity index (χ3n) is 2.94. The zero-order valence-corrected chi connectivity index (χ0v) is 14.2. The van der Waals surface area contributed by atoms with Crippen LogP contribution in [0.3, 0.4) is 0 Å². The number of rotatable bonds is 11. The molecule has 1 aromatic rings. The van der Waals surface area contributed by atoms with Gasteiger partial charge in [0.05, 0.1) is 35.7 Å². The molecule has 20 heavy (non-hydrogen) atoms. The quantitative estimate of drug-likeness (QED) is 0.577. The molecule has 0 radical (unpaired) electrons. The molecule has 1 aromatic heterocycles. The fraction of sp³-hybridized carbons (Fsp3) is 0.786. The fourth-order valence-corrected chi connectivity index (χ4v) is 2.51. The molecular weight excluding hydrogens is 324 g/mol. The summed E-state index contributed by atoms with van der Waals surface area (Å²) < 4.78 is 19.1. The molecule has 1 rings (SSSR count). The van der Waals surface area contributed by atoms with Crippen molar-refractivity contribution in [2.45, 2.75) is 39.8 Å². The summed E-state index contributed by atoms with van der Waals surface area (Å²) in [6, 6.07) is 0. The van der Waals surface area contributed by atoms with Crippen molar-refractivity contribution in [2.75, 3.05) is 33.5 Å². The molecule has 0 N–H and O–H groups in total. The highest BCUT2D eigenvalue weighted by Crippen LogP contribution is 2.23. The number of aryl methyl sites for hydroxylation is 2. The maximum atomic E-state index is 5.71. The Kier molecular flexibility index (Phi) is 9.09. The van der Waals surface area contributed by atoms with Gasteiger partial charge in [-0.3, -0.25) is 4.68 Å². The van der Waals surface area contributed by atoms with E-state index < -0.39 is 0 Å². The molecule has 0 atom stereocenters. The number of hydrogen-bond acceptors (Lipinski definition) is 4. The number of aromatic nitrogens is 2. The van der Waals surface area contributed by atoms with Gasteiger partial charge in [0, 0.05) is 26.9 Å². The van der Waals surface area contributed by atoms with Gasteiger partial charge in [-0.25, -0.2) is 0 Å². The largest absolute Gasteiger partial charge is 0.382 e. The second-order valence-electron chi connectivity index (χ2n) is 4.39. The minimum Gasteiger partial charge on any atom is -0.382 e. The first-order chi connectivity index (χ1) is 9.74. The van der Waals surface area contributed by atoms with Gasteiger partial charge in [0.1, 0.15) is 0 Å². The van der Waals surface area contributed by atoms with E-state index in [0.717, 1.165) is 35.2 Å². The highest BCUT2D eigenvalue weighted by molar-refractivity contribution is 9.10. The molecule has 0 amide bonds. The molecule has 0 fully saturated rings. The topological polar surface area (TPSA) is 45.5 Å². The van der Waals surface area contributed by atoms with Crippen LogP contribution in [0.15, 0.2) is 4.47 Å². The molecule has 0 spiro atoms. The molecule has 5 nitrogen and oxygen atoms in total. The van der Waals surface area contributed by atoms with Crippen LogP contribution in [0, 0.1) is 0 Å². The summed E-state index contributed by atoms with van der Waals surface area (Å²) in [7, 11) is 1.67. The lowest BCUT2D eigenvalue weighted by atomic mass is 10.3. The standard InChI is InChI=1S/C14H25BrN2O3/c1-4-12-14(15)13(17(5-2)16-12)11-20-8-6-7-19-10-9-18-3/h4-11H2,1-3H3. The Balaban J connectivity index is 2.26. The fourth-order valence-electron chi connectivity index (χ4n) is 1.83. The van der Waals surface area contributed by atoms with E-state index in [-0.39, 0.29) is 0 Å². The van der Waals surface area contributed by atoms with E-state index in [4.69, 9.17) is 14.2 Å². The van der Waals surface area contributed by atoms with Crippen molar-refractivity contribution in [3.8, 4) is 0 Å². The van der Waals surface area contributed by atoms with E-state index in [2.05, 4.69) is 34.9 Å². The molecule has 116 valence electrons. The van der Waals surface area contributed by atoms with Crippen LogP contribution in [-0.4, -0.2) is 43.3 Å². The first-order valence-corrected chi connectivity index (χ1v) is 7.92. The smallest absolute Gasteiger partial charge is 0.0896 e. The van der Waals surface area contributed by atoms with Crippen molar-refractivity contribution < 1.29 is 14.2 Å². The summed E-state index contributed by atoms with van der Waals surface area (Å²) in [6.07, 6.45) is 1.82. The van der Waals surface area contributed by atoms with Crippen LogP contribution in [-0.2, 0) is 33.8 Å². The Hall–Kier alpha value is -0.430. The second kappa shape index (κ2) is 10.3. The zero-order valence-electron chi connectivity index (χ0n) is 12.7. The number of nitrogens with zero attached hydrogens (tertiary/aromatic N) is 2. The third-order valence-corrected chi connectivity index (χ3v) is 3.86. The lowest BCUT2D eigenvalue weighted by Gasteiger charge is -2.07. The van der Waals surface area contributed by atoms with E-state index in [1.165, 1.54) is 0 Å². The predicted molar refractivity (Wildman–Crippen MR) is 81.9 cm³/mol. The number of halogens is 1. The van der Waals surface area contributed by atoms with Crippen LogP contribution < -0.4 is 0 Å². The predicted octanol–water partition coefficient (Wildman–Crippen LogP) is 2.80. The van der Waals surface area contributed by atoms with Gasteiger partial charge in [-0.05, 0) is 35.7 Å². The number of methoxy groups -OCH3 is 1. The van der Waals surface area contributed by atoms with Crippen LogP contribution in [0.5, 0.6) is 0 Å². The molecule has 0 unspecified atom stereocenters. The van der Waals surface area contributed by atoms with Gasteiger partial charge in [-0.2, -0.15) is 5.10 Å². The number of ether oxygens (including phenoxy) is 3. The summed E-state index contributed by atoms with van der Waals surface area (Å²) in [6.45, 7) is 8.32. The van der Waals surface area contributed by atoms with E-state index in [0.29, 0.717) is 33.0 Å². The van der Waals surface area contributed by atoms with Crippen molar-refractivity contribution in [3.63, 3.8) is 0 Å². The van der Waals surface area contributed by atoms with Crippen molar-refractivity contribution in [3.05, 3.63) is 15.9 Å². The molecule has 0 saturated heterocycles. The van der Waals surface area contributed by atoms with Gasteiger partial charge >= 0.3 is 0 Å². The first-order valence-electron chi connectivity index (χ1n) is 7.13. The first kappa shape index (κ1) is 17.6. The molecule has 0 aromatic carbocycles. The van der Waals surface area contributed by atoms with E-state index in [1.54, 1.807) is 7.11 Å². The van der Waals surface area contributed by atoms with E-state index in [9.17, 15) is 0 Å². The average Bonchev–Trinajstić information content (AvgIpc) is 2.78. The van der Waals surface area contributed by atoms with E-state index in [1.807, 2.05) is 4.68 Å². The average molecular weight is 349 g/mol. The van der Waals surface area contributed by atoms with Crippen molar-refractivity contribution in [1.82, 2.24) is 9.78 Å². The van der Waals surface area contributed by atoms with Crippen LogP contribution >= 0.6 is 15.9 Å². The maximum absolute atomic E-state index is 5.71. The minimum atomic E-state index is 0.583. The Labute approximate surface area is 129 Å². The molecule has 1 heterocycles. The molecule has 0 aliphatic carbocycles. The van der Waals surface area contributed by atoms with Gasteiger partial charge in [-0.1, -0.05) is 6.92 Å². The van der Waals surface area contributed by atoms with Crippen molar-refractivity contribution in [2.24, 2.45) is 0 Å². The summed E-state index contributed by atoms with van der Waals surface area (Å²) >= 11 is 3.61. The van der Waals surface area contributed by atoms with E-state index >= 15 is 0 Å². The molecule has 6 heteroatoms. The highest BCUT2D eigenvalue weighted by atomic mass is 79.9. The Morgan fingerprint density at radius 1 is 1.10 bits per heavy atom. The summed E-state index contributed by atoms with van der Waals surface area (Å²) in [5, 5.41) is 4.55. The normalized spacial score (nSPS) is 11.2. The maximum Gasteiger partial charge on any atom is 0.0896 e. The summed E-state index contributed by atoms with van der Waals surface area (Å²) in [5.41, 5.74) is 2.21. The Bertz CT molecular complexity index is 383. The lowest BCUT2D eigenvalue weighted by Crippen LogP contribution is -2.08. The van der Waals surface area contributed by atoms with Crippen molar-refractivity contribution in [1.29, 1.82) is 0 Å².